The van der Waals surface area contributed by atoms with E-state index in [1.165, 1.54) is 0 Å². The van der Waals surface area contributed by atoms with Crippen molar-refractivity contribution in [1.29, 1.82) is 0 Å². The summed E-state index contributed by atoms with van der Waals surface area (Å²) >= 11 is 0. The van der Waals surface area contributed by atoms with E-state index >= 15 is 0 Å². The minimum atomic E-state index is 0.251. The van der Waals surface area contributed by atoms with Crippen molar-refractivity contribution in [2.45, 2.75) is 0 Å². The molecular weight excluding hydrogens is 212 g/mol. The summed E-state index contributed by atoms with van der Waals surface area (Å²) in [5.74, 6) is 0.251. The Bertz CT molecular complexity index is 686. The number of phenols is 1. The molecule has 0 aliphatic carbocycles. The van der Waals surface area contributed by atoms with Crippen LogP contribution in [-0.2, 0) is 7.05 Å². The van der Waals surface area contributed by atoms with E-state index in [0.717, 1.165) is 22.2 Å². The van der Waals surface area contributed by atoms with Gasteiger partial charge in [-0.25, -0.2) is 0 Å². The van der Waals surface area contributed by atoms with Gasteiger partial charge >= 0.3 is 0 Å². The van der Waals surface area contributed by atoms with Gasteiger partial charge in [-0.1, -0.05) is 18.2 Å². The summed E-state index contributed by atoms with van der Waals surface area (Å²) in [5.41, 5.74) is 2.84. The second kappa shape index (κ2) is 3.63. The third-order valence-corrected chi connectivity index (χ3v) is 2.81. The topological polar surface area (TPSA) is 38.0 Å². The lowest BCUT2D eigenvalue weighted by Crippen LogP contribution is -1.89. The van der Waals surface area contributed by atoms with E-state index in [-0.39, 0.29) is 5.75 Å². The van der Waals surface area contributed by atoms with E-state index in [2.05, 4.69) is 11.2 Å². The van der Waals surface area contributed by atoms with E-state index in [9.17, 15) is 5.11 Å². The average molecular weight is 223 g/mol. The predicted molar refractivity (Wildman–Crippen MR) is 66.7 cm³/mol. The Balaban J connectivity index is 2.31. The Hall–Kier alpha value is -2.29. The number of aryl methyl sites for hydroxylation is 1. The van der Waals surface area contributed by atoms with E-state index in [4.69, 9.17) is 0 Å². The van der Waals surface area contributed by atoms with Gasteiger partial charge in [-0.15, -0.1) is 0 Å². The summed E-state index contributed by atoms with van der Waals surface area (Å²) in [4.78, 5) is 0. The molecule has 1 N–H and O–H groups in total. The van der Waals surface area contributed by atoms with Crippen LogP contribution in [0.25, 0.3) is 22.2 Å². The second-order valence-electron chi connectivity index (χ2n) is 3.97. The van der Waals surface area contributed by atoms with Crippen molar-refractivity contribution in [3.05, 3.63) is 48.5 Å². The molecule has 0 aliphatic heterocycles. The average Bonchev–Trinajstić information content (AvgIpc) is 2.68. The van der Waals surface area contributed by atoms with Crippen molar-refractivity contribution < 1.29 is 5.11 Å². The molecule has 1 aromatic heterocycles. The molecule has 0 fully saturated rings. The fourth-order valence-electron chi connectivity index (χ4n) is 2.02. The lowest BCUT2D eigenvalue weighted by atomic mass is 10.1. The maximum absolute atomic E-state index is 9.51. The predicted octanol–water partition coefficient (Wildman–Crippen LogP) is 2.75. The molecular formula is C14H11N2O. The highest BCUT2D eigenvalue weighted by Crippen LogP contribution is 2.28. The number of nitrogens with zero attached hydrogens (tertiary/aromatic N) is 2. The minimum Gasteiger partial charge on any atom is -0.508 e. The molecule has 17 heavy (non-hydrogen) atoms. The number of benzene rings is 2. The standard InChI is InChI=1S/C14H11N2O/c1-16-13-8-3-2-7-12(13)14(15-16)10-5-4-6-11(17)9-10/h3-9,17H,1H3. The first-order chi connectivity index (χ1) is 8.25. The van der Waals surface area contributed by atoms with Crippen LogP contribution in [0, 0.1) is 6.07 Å². The smallest absolute Gasteiger partial charge is 0.116 e. The van der Waals surface area contributed by atoms with Gasteiger partial charge in [0.2, 0.25) is 0 Å². The molecule has 0 aliphatic rings. The number of aromatic nitrogens is 2. The first-order valence-electron chi connectivity index (χ1n) is 5.38. The molecule has 0 saturated carbocycles. The van der Waals surface area contributed by atoms with E-state index in [1.54, 1.807) is 12.1 Å². The van der Waals surface area contributed by atoms with Crippen LogP contribution < -0.4 is 0 Å². The van der Waals surface area contributed by atoms with Crippen LogP contribution in [0.4, 0.5) is 0 Å². The van der Waals surface area contributed by atoms with Crippen LogP contribution >= 0.6 is 0 Å². The maximum Gasteiger partial charge on any atom is 0.116 e. The van der Waals surface area contributed by atoms with Gasteiger partial charge < -0.3 is 5.11 Å². The molecule has 3 nitrogen and oxygen atoms in total. The molecule has 0 amide bonds. The molecule has 3 aromatic rings. The maximum atomic E-state index is 9.51. The first-order valence-corrected chi connectivity index (χ1v) is 5.38. The molecule has 3 heteroatoms. The number of fused-ring (bicyclic) bond motifs is 1. The number of aromatic hydroxyl groups is 1. The fourth-order valence-corrected chi connectivity index (χ4v) is 2.02. The van der Waals surface area contributed by atoms with Gasteiger partial charge in [0, 0.05) is 18.0 Å². The van der Waals surface area contributed by atoms with Crippen LogP contribution in [0.5, 0.6) is 5.75 Å². The number of phenolic OH excluding ortho intramolecular Hbond substituents is 1. The first kappa shape index (κ1) is 9.90. The van der Waals surface area contributed by atoms with Gasteiger partial charge in [0.25, 0.3) is 0 Å². The van der Waals surface area contributed by atoms with Crippen molar-refractivity contribution in [2.75, 3.05) is 0 Å². The zero-order valence-electron chi connectivity index (χ0n) is 9.38. The molecule has 0 spiro atoms. The van der Waals surface area contributed by atoms with E-state index < -0.39 is 0 Å². The fraction of sp³-hybridized carbons (Fsp3) is 0.0714. The van der Waals surface area contributed by atoms with Crippen LogP contribution in [-0.4, -0.2) is 14.9 Å². The van der Waals surface area contributed by atoms with Crippen LogP contribution in [0.3, 0.4) is 0 Å². The quantitative estimate of drug-likeness (QED) is 0.688. The van der Waals surface area contributed by atoms with Gasteiger partial charge in [0.05, 0.1) is 5.52 Å². The highest BCUT2D eigenvalue weighted by Gasteiger charge is 2.09. The summed E-state index contributed by atoms with van der Waals surface area (Å²) in [6, 6.07) is 16.0. The molecule has 1 heterocycles. The van der Waals surface area contributed by atoms with Crippen LogP contribution in [0.1, 0.15) is 0 Å². The summed E-state index contributed by atoms with van der Waals surface area (Å²) < 4.78 is 1.84. The Kier molecular flexibility index (Phi) is 2.11. The van der Waals surface area contributed by atoms with Crippen LogP contribution in [0.15, 0.2) is 42.5 Å². The zero-order valence-corrected chi connectivity index (χ0v) is 9.38. The van der Waals surface area contributed by atoms with Crippen molar-refractivity contribution in [2.24, 2.45) is 7.05 Å². The zero-order chi connectivity index (χ0) is 11.8. The number of hydrogen-bond acceptors (Lipinski definition) is 2. The van der Waals surface area contributed by atoms with Gasteiger partial charge in [-0.05, 0) is 30.3 Å². The largest absolute Gasteiger partial charge is 0.508 e. The minimum absolute atomic E-state index is 0.251. The molecule has 0 atom stereocenters. The van der Waals surface area contributed by atoms with Crippen molar-refractivity contribution >= 4 is 10.9 Å². The second-order valence-corrected chi connectivity index (χ2v) is 3.97. The lowest BCUT2D eigenvalue weighted by Gasteiger charge is -1.98. The van der Waals surface area contributed by atoms with E-state index in [0.29, 0.717) is 0 Å². The Morgan fingerprint density at radius 3 is 3.00 bits per heavy atom. The van der Waals surface area contributed by atoms with Gasteiger partial charge in [-0.3, -0.25) is 4.68 Å². The molecule has 1 radical (unpaired) electrons. The summed E-state index contributed by atoms with van der Waals surface area (Å²) in [5, 5.41) is 15.0. The van der Waals surface area contributed by atoms with Gasteiger partial charge in [-0.2, -0.15) is 5.10 Å². The highest BCUT2D eigenvalue weighted by molar-refractivity contribution is 5.93. The molecule has 0 unspecified atom stereocenters. The monoisotopic (exact) mass is 223 g/mol. The third-order valence-electron chi connectivity index (χ3n) is 2.81. The van der Waals surface area contributed by atoms with Crippen molar-refractivity contribution in [1.82, 2.24) is 9.78 Å². The summed E-state index contributed by atoms with van der Waals surface area (Å²) in [6.07, 6.45) is 0. The van der Waals surface area contributed by atoms with Crippen LogP contribution in [0.2, 0.25) is 0 Å². The number of rotatable bonds is 1. The normalized spacial score (nSPS) is 10.9. The Morgan fingerprint density at radius 2 is 2.18 bits per heavy atom. The summed E-state index contributed by atoms with van der Waals surface area (Å²) in [6.45, 7) is 0. The van der Waals surface area contributed by atoms with Gasteiger partial charge in [0.1, 0.15) is 11.4 Å². The van der Waals surface area contributed by atoms with E-state index in [1.807, 2.05) is 42.1 Å². The molecule has 0 bridgehead atoms. The molecule has 83 valence electrons. The Morgan fingerprint density at radius 1 is 1.29 bits per heavy atom. The third kappa shape index (κ3) is 1.56. The van der Waals surface area contributed by atoms with Crippen molar-refractivity contribution in [3.63, 3.8) is 0 Å². The highest BCUT2D eigenvalue weighted by atomic mass is 16.3. The molecule has 2 aromatic carbocycles. The lowest BCUT2D eigenvalue weighted by molar-refractivity contribution is 0.475. The SMILES string of the molecule is Cn1nc(-c2cccc(O)c2)c2c[c]ccc21. The Labute approximate surface area is 98.9 Å². The summed E-state index contributed by atoms with van der Waals surface area (Å²) in [7, 11) is 1.91. The van der Waals surface area contributed by atoms with Gasteiger partial charge in [0.15, 0.2) is 0 Å². The molecule has 0 saturated heterocycles. The van der Waals surface area contributed by atoms with Crippen molar-refractivity contribution in [3.8, 4) is 17.0 Å². The number of hydrogen-bond donors (Lipinski definition) is 1. The molecule has 3 rings (SSSR count).